The molecule has 0 aromatic carbocycles. The van der Waals surface area contributed by atoms with E-state index in [0.717, 1.165) is 12.5 Å². The first kappa shape index (κ1) is 13.2. The molecule has 0 aromatic heterocycles. The Labute approximate surface area is 88.3 Å². The Morgan fingerprint density at radius 3 is 2.54 bits per heavy atom. The van der Waals surface area contributed by atoms with Crippen molar-refractivity contribution in [1.29, 1.82) is 0 Å². The Morgan fingerprint density at radius 2 is 2.08 bits per heavy atom. The lowest BCUT2D eigenvalue weighted by Gasteiger charge is -2.35. The quantitative estimate of drug-likeness (QED) is 0.748. The Balaban J connectivity index is 0.00000144. The van der Waals surface area contributed by atoms with Crippen LogP contribution in [0.4, 0.5) is 0 Å². The number of hydrogen-bond donors (Lipinski definition) is 1. The molecule has 1 atom stereocenters. The monoisotopic (exact) mass is 206 g/mol. The van der Waals surface area contributed by atoms with Crippen LogP contribution in [0.2, 0.25) is 0 Å². The number of piperidine rings is 1. The highest BCUT2D eigenvalue weighted by molar-refractivity contribution is 5.85. The number of hydrogen-bond acceptors (Lipinski definition) is 2. The van der Waals surface area contributed by atoms with Crippen LogP contribution in [0.5, 0.6) is 0 Å². The zero-order valence-electron chi connectivity index (χ0n) is 9.05. The largest absolute Gasteiger partial charge is 0.324 e. The zero-order valence-corrected chi connectivity index (χ0v) is 9.86. The van der Waals surface area contributed by atoms with E-state index < -0.39 is 0 Å². The second kappa shape index (κ2) is 5.18. The van der Waals surface area contributed by atoms with Gasteiger partial charge in [0, 0.05) is 18.6 Å². The fourth-order valence-electron chi connectivity index (χ4n) is 2.01. The molecule has 0 aliphatic carbocycles. The number of likely N-dealkylation sites (tertiary alicyclic amines) is 1. The molecule has 13 heavy (non-hydrogen) atoms. The molecule has 1 rings (SSSR count). The first-order valence-corrected chi connectivity index (χ1v) is 4.98. The molecule has 0 spiro atoms. The summed E-state index contributed by atoms with van der Waals surface area (Å²) in [5, 5.41) is 0. The number of halogens is 1. The van der Waals surface area contributed by atoms with Crippen LogP contribution in [-0.4, -0.2) is 30.1 Å². The summed E-state index contributed by atoms with van der Waals surface area (Å²) in [7, 11) is 0. The smallest absolute Gasteiger partial charge is 0.0226 e. The molecule has 0 bridgehead atoms. The van der Waals surface area contributed by atoms with Gasteiger partial charge in [-0.15, -0.1) is 12.4 Å². The van der Waals surface area contributed by atoms with Gasteiger partial charge in [-0.3, -0.25) is 0 Å². The van der Waals surface area contributed by atoms with Gasteiger partial charge in [0.15, 0.2) is 0 Å². The molecule has 0 radical (unpaired) electrons. The summed E-state index contributed by atoms with van der Waals surface area (Å²) < 4.78 is 0. The summed E-state index contributed by atoms with van der Waals surface area (Å²) in [6, 6.07) is 0. The van der Waals surface area contributed by atoms with Gasteiger partial charge in [0.1, 0.15) is 0 Å². The lowest BCUT2D eigenvalue weighted by atomic mass is 9.98. The summed E-state index contributed by atoms with van der Waals surface area (Å²) in [4.78, 5) is 2.49. The summed E-state index contributed by atoms with van der Waals surface area (Å²) in [5.74, 6) is 0.862. The lowest BCUT2D eigenvalue weighted by Crippen LogP contribution is -2.48. The molecule has 0 aromatic rings. The van der Waals surface area contributed by atoms with E-state index in [1.54, 1.807) is 0 Å². The standard InChI is InChI=1S/C10H22N2.ClH/c1-9-5-4-6-12(7-9)8-10(2,3)11;/h9H,4-8,11H2,1-3H3;1H/t9-;/m0./s1. The van der Waals surface area contributed by atoms with Gasteiger partial charge in [0.05, 0.1) is 0 Å². The van der Waals surface area contributed by atoms with Crippen LogP contribution in [0.25, 0.3) is 0 Å². The fourth-order valence-corrected chi connectivity index (χ4v) is 2.01. The van der Waals surface area contributed by atoms with Crippen molar-refractivity contribution in [1.82, 2.24) is 4.90 Å². The van der Waals surface area contributed by atoms with Gasteiger partial charge in [-0.1, -0.05) is 6.92 Å². The topological polar surface area (TPSA) is 29.3 Å². The van der Waals surface area contributed by atoms with Crippen LogP contribution in [0.1, 0.15) is 33.6 Å². The van der Waals surface area contributed by atoms with Crippen LogP contribution < -0.4 is 5.73 Å². The van der Waals surface area contributed by atoms with Crippen molar-refractivity contribution < 1.29 is 0 Å². The summed E-state index contributed by atoms with van der Waals surface area (Å²) in [6.45, 7) is 10.1. The van der Waals surface area contributed by atoms with Crippen molar-refractivity contribution >= 4 is 12.4 Å². The first-order chi connectivity index (χ1) is 5.47. The third-order valence-electron chi connectivity index (χ3n) is 2.37. The number of nitrogens with two attached hydrogens (primary N) is 1. The average Bonchev–Trinajstić information content (AvgIpc) is 1.82. The van der Waals surface area contributed by atoms with E-state index in [1.807, 2.05) is 0 Å². The Morgan fingerprint density at radius 1 is 1.46 bits per heavy atom. The number of rotatable bonds is 2. The van der Waals surface area contributed by atoms with Gasteiger partial charge in [-0.25, -0.2) is 0 Å². The van der Waals surface area contributed by atoms with Crippen LogP contribution in [0.15, 0.2) is 0 Å². The SMILES string of the molecule is C[C@H]1CCCN(CC(C)(C)N)C1.Cl. The van der Waals surface area contributed by atoms with Crippen LogP contribution in [0.3, 0.4) is 0 Å². The van der Waals surface area contributed by atoms with Gasteiger partial charge in [0.25, 0.3) is 0 Å². The van der Waals surface area contributed by atoms with E-state index >= 15 is 0 Å². The Hall–Kier alpha value is 0.210. The van der Waals surface area contributed by atoms with Crippen LogP contribution in [-0.2, 0) is 0 Å². The maximum Gasteiger partial charge on any atom is 0.0226 e. The average molecular weight is 207 g/mol. The van der Waals surface area contributed by atoms with Crippen molar-refractivity contribution in [2.75, 3.05) is 19.6 Å². The molecule has 1 saturated heterocycles. The van der Waals surface area contributed by atoms with Gasteiger partial charge < -0.3 is 10.6 Å². The molecule has 3 heteroatoms. The molecule has 0 saturated carbocycles. The van der Waals surface area contributed by atoms with E-state index in [4.69, 9.17) is 5.73 Å². The van der Waals surface area contributed by atoms with Gasteiger partial charge in [-0.05, 0) is 39.2 Å². The second-order valence-electron chi connectivity index (χ2n) is 4.97. The van der Waals surface area contributed by atoms with E-state index in [1.165, 1.54) is 25.9 Å². The maximum atomic E-state index is 5.97. The highest BCUT2D eigenvalue weighted by Crippen LogP contribution is 2.16. The van der Waals surface area contributed by atoms with Gasteiger partial charge in [0.2, 0.25) is 0 Å². The molecule has 1 heterocycles. The Kier molecular flexibility index (Phi) is 5.26. The van der Waals surface area contributed by atoms with Crippen molar-refractivity contribution in [3.63, 3.8) is 0 Å². The van der Waals surface area contributed by atoms with Gasteiger partial charge >= 0.3 is 0 Å². The fraction of sp³-hybridized carbons (Fsp3) is 1.00. The second-order valence-corrected chi connectivity index (χ2v) is 4.97. The van der Waals surface area contributed by atoms with Crippen molar-refractivity contribution in [3.8, 4) is 0 Å². The third kappa shape index (κ3) is 5.50. The van der Waals surface area contributed by atoms with Crippen LogP contribution in [0, 0.1) is 5.92 Å². The van der Waals surface area contributed by atoms with E-state index in [2.05, 4.69) is 25.7 Å². The van der Waals surface area contributed by atoms with Crippen molar-refractivity contribution in [2.24, 2.45) is 11.7 Å². The summed E-state index contributed by atoms with van der Waals surface area (Å²) >= 11 is 0. The third-order valence-corrected chi connectivity index (χ3v) is 2.37. The minimum Gasteiger partial charge on any atom is -0.324 e. The molecule has 0 unspecified atom stereocenters. The summed E-state index contributed by atoms with van der Waals surface area (Å²) in [6.07, 6.45) is 2.73. The minimum atomic E-state index is -0.0307. The first-order valence-electron chi connectivity index (χ1n) is 4.98. The van der Waals surface area contributed by atoms with Gasteiger partial charge in [-0.2, -0.15) is 0 Å². The Bertz CT molecular complexity index is 142. The molecule has 1 aliphatic rings. The molecule has 2 nitrogen and oxygen atoms in total. The predicted octanol–water partition coefficient (Wildman–Crippen LogP) is 1.88. The number of nitrogens with zero attached hydrogens (tertiary/aromatic N) is 1. The summed E-state index contributed by atoms with van der Waals surface area (Å²) in [5.41, 5.74) is 5.94. The normalized spacial score (nSPS) is 25.4. The van der Waals surface area contributed by atoms with E-state index in [-0.39, 0.29) is 17.9 Å². The maximum absolute atomic E-state index is 5.97. The minimum absolute atomic E-state index is 0. The molecule has 80 valence electrons. The molecular formula is C10H23ClN2. The molecule has 2 N–H and O–H groups in total. The van der Waals surface area contributed by atoms with Crippen molar-refractivity contribution in [2.45, 2.75) is 39.2 Å². The van der Waals surface area contributed by atoms with Crippen LogP contribution >= 0.6 is 12.4 Å². The van der Waals surface area contributed by atoms with E-state index in [0.29, 0.717) is 0 Å². The van der Waals surface area contributed by atoms with Crippen molar-refractivity contribution in [3.05, 3.63) is 0 Å². The predicted molar refractivity (Wildman–Crippen MR) is 60.4 cm³/mol. The van der Waals surface area contributed by atoms with E-state index in [9.17, 15) is 0 Å². The molecular weight excluding hydrogens is 184 g/mol. The zero-order chi connectivity index (χ0) is 9.19. The molecule has 1 aliphatic heterocycles. The highest BCUT2D eigenvalue weighted by Gasteiger charge is 2.21. The highest BCUT2D eigenvalue weighted by atomic mass is 35.5. The molecule has 0 amide bonds. The molecule has 1 fully saturated rings. The lowest BCUT2D eigenvalue weighted by molar-refractivity contribution is 0.156.